The zero-order valence-corrected chi connectivity index (χ0v) is 14.8. The number of rotatable bonds is 5. The van der Waals surface area contributed by atoms with Crippen LogP contribution in [0.15, 0.2) is 59.5 Å². The number of carbonyl (C=O) groups is 1. The van der Waals surface area contributed by atoms with E-state index in [1.54, 1.807) is 42.5 Å². The smallest absolute Gasteiger partial charge is 0.244 e. The molecule has 1 heterocycles. The predicted octanol–water partition coefficient (Wildman–Crippen LogP) is 2.42. The van der Waals surface area contributed by atoms with Crippen LogP contribution in [-0.2, 0) is 10.0 Å². The Hall–Kier alpha value is -2.02. The molecule has 0 aliphatic carbocycles. The van der Waals surface area contributed by atoms with Crippen molar-refractivity contribution in [2.75, 3.05) is 13.1 Å². The number of ketones is 1. The van der Waals surface area contributed by atoms with E-state index < -0.39 is 10.0 Å². The molecule has 1 unspecified atom stereocenters. The van der Waals surface area contributed by atoms with E-state index in [0.717, 1.165) is 19.3 Å². The van der Waals surface area contributed by atoms with Gasteiger partial charge in [0.1, 0.15) is 0 Å². The van der Waals surface area contributed by atoms with E-state index in [9.17, 15) is 13.2 Å². The second-order valence-corrected chi connectivity index (χ2v) is 8.05. The first kappa shape index (κ1) is 17.8. The van der Waals surface area contributed by atoms with Crippen LogP contribution in [0.5, 0.6) is 0 Å². The summed E-state index contributed by atoms with van der Waals surface area (Å²) in [6, 6.07) is 14.9. The van der Waals surface area contributed by atoms with Crippen LogP contribution in [0.3, 0.4) is 0 Å². The third-order valence-electron chi connectivity index (χ3n) is 4.60. The summed E-state index contributed by atoms with van der Waals surface area (Å²) >= 11 is 0. The molecule has 2 aromatic rings. The molecule has 1 saturated heterocycles. The largest absolute Gasteiger partial charge is 0.329 e. The molecule has 6 heteroatoms. The van der Waals surface area contributed by atoms with Gasteiger partial charge < -0.3 is 5.73 Å². The average molecular weight is 358 g/mol. The Labute approximate surface area is 148 Å². The molecule has 1 aliphatic rings. The van der Waals surface area contributed by atoms with Crippen LogP contribution in [0.4, 0.5) is 0 Å². The molecule has 2 aromatic carbocycles. The van der Waals surface area contributed by atoms with E-state index in [-0.39, 0.29) is 28.8 Å². The van der Waals surface area contributed by atoms with Crippen molar-refractivity contribution in [2.24, 2.45) is 5.73 Å². The lowest BCUT2D eigenvalue weighted by atomic mass is 10.0. The maximum atomic E-state index is 13.2. The van der Waals surface area contributed by atoms with E-state index >= 15 is 0 Å². The predicted molar refractivity (Wildman–Crippen MR) is 96.9 cm³/mol. The maximum absolute atomic E-state index is 13.2. The number of piperidine rings is 1. The second-order valence-electron chi connectivity index (χ2n) is 6.19. The second kappa shape index (κ2) is 7.47. The van der Waals surface area contributed by atoms with Gasteiger partial charge in [-0.25, -0.2) is 8.42 Å². The van der Waals surface area contributed by atoms with E-state index in [0.29, 0.717) is 12.1 Å². The Morgan fingerprint density at radius 2 is 1.72 bits per heavy atom. The van der Waals surface area contributed by atoms with Gasteiger partial charge in [-0.05, 0) is 25.0 Å². The normalized spacial score (nSPS) is 18.8. The molecule has 0 radical (unpaired) electrons. The lowest BCUT2D eigenvalue weighted by Gasteiger charge is -2.34. The molecular formula is C19H22N2O3S. The van der Waals surface area contributed by atoms with Crippen LogP contribution in [0.25, 0.3) is 0 Å². The van der Waals surface area contributed by atoms with Gasteiger partial charge in [-0.3, -0.25) is 4.79 Å². The van der Waals surface area contributed by atoms with E-state index in [1.165, 1.54) is 10.4 Å². The maximum Gasteiger partial charge on any atom is 0.244 e. The Balaban J connectivity index is 2.04. The van der Waals surface area contributed by atoms with Gasteiger partial charge >= 0.3 is 0 Å². The number of hydrogen-bond acceptors (Lipinski definition) is 4. The summed E-state index contributed by atoms with van der Waals surface area (Å²) in [4.78, 5) is 12.9. The molecule has 0 bridgehead atoms. The topological polar surface area (TPSA) is 80.5 Å². The van der Waals surface area contributed by atoms with Gasteiger partial charge in [0.05, 0.1) is 4.90 Å². The summed E-state index contributed by atoms with van der Waals surface area (Å²) in [6.07, 6.45) is 2.54. The molecule has 5 nitrogen and oxygen atoms in total. The molecule has 0 aromatic heterocycles. The van der Waals surface area contributed by atoms with Gasteiger partial charge in [0.25, 0.3) is 0 Å². The summed E-state index contributed by atoms with van der Waals surface area (Å²) in [5.74, 6) is -0.291. The minimum atomic E-state index is -3.77. The average Bonchev–Trinajstić information content (AvgIpc) is 2.68. The number of benzene rings is 2. The van der Waals surface area contributed by atoms with E-state index in [1.807, 2.05) is 6.07 Å². The fourth-order valence-corrected chi connectivity index (χ4v) is 5.17. The molecule has 132 valence electrons. The van der Waals surface area contributed by atoms with Crippen LogP contribution >= 0.6 is 0 Å². The zero-order valence-electron chi connectivity index (χ0n) is 14.0. The molecule has 1 fully saturated rings. The SMILES string of the molecule is NCC1CCCCN1S(=O)(=O)c1ccccc1C(=O)c1ccccc1. The Morgan fingerprint density at radius 1 is 1.04 bits per heavy atom. The number of hydrogen-bond donors (Lipinski definition) is 1. The lowest BCUT2D eigenvalue weighted by Crippen LogP contribution is -2.47. The summed E-state index contributed by atoms with van der Waals surface area (Å²) in [5, 5.41) is 0. The third-order valence-corrected chi connectivity index (χ3v) is 6.61. The summed E-state index contributed by atoms with van der Waals surface area (Å²) in [6.45, 7) is 0.728. The molecule has 3 rings (SSSR count). The highest BCUT2D eigenvalue weighted by molar-refractivity contribution is 7.89. The number of nitrogens with two attached hydrogens (primary N) is 1. The van der Waals surface area contributed by atoms with Crippen molar-refractivity contribution in [1.29, 1.82) is 0 Å². The molecule has 0 spiro atoms. The van der Waals surface area contributed by atoms with Crippen LogP contribution in [-0.4, -0.2) is 37.6 Å². The summed E-state index contributed by atoms with van der Waals surface area (Å²) in [7, 11) is -3.77. The fourth-order valence-electron chi connectivity index (χ4n) is 3.28. The molecule has 2 N–H and O–H groups in total. The number of carbonyl (C=O) groups excluding carboxylic acids is 1. The Bertz CT molecular complexity index is 850. The Morgan fingerprint density at radius 3 is 2.44 bits per heavy atom. The molecular weight excluding hydrogens is 336 g/mol. The monoisotopic (exact) mass is 358 g/mol. The highest BCUT2D eigenvalue weighted by atomic mass is 32.2. The van der Waals surface area contributed by atoms with Crippen LogP contribution < -0.4 is 5.73 Å². The molecule has 0 amide bonds. The van der Waals surface area contributed by atoms with Gasteiger partial charge in [-0.1, -0.05) is 48.9 Å². The number of nitrogens with zero attached hydrogens (tertiary/aromatic N) is 1. The van der Waals surface area contributed by atoms with Gasteiger partial charge in [0, 0.05) is 30.3 Å². The van der Waals surface area contributed by atoms with Crippen molar-refractivity contribution in [3.63, 3.8) is 0 Å². The van der Waals surface area contributed by atoms with Gasteiger partial charge in [0.15, 0.2) is 5.78 Å². The minimum Gasteiger partial charge on any atom is -0.329 e. The molecule has 0 saturated carbocycles. The first-order valence-electron chi connectivity index (χ1n) is 8.46. The molecule has 1 atom stereocenters. The highest BCUT2D eigenvalue weighted by Gasteiger charge is 2.35. The number of sulfonamides is 1. The first-order chi connectivity index (χ1) is 12.1. The summed E-state index contributed by atoms with van der Waals surface area (Å²) < 4.78 is 27.9. The van der Waals surface area contributed by atoms with Crippen molar-refractivity contribution in [1.82, 2.24) is 4.31 Å². The summed E-state index contributed by atoms with van der Waals surface area (Å²) in [5.41, 5.74) is 6.46. The molecule has 25 heavy (non-hydrogen) atoms. The fraction of sp³-hybridized carbons (Fsp3) is 0.316. The first-order valence-corrected chi connectivity index (χ1v) is 9.90. The third kappa shape index (κ3) is 3.51. The van der Waals surface area contributed by atoms with E-state index in [2.05, 4.69) is 0 Å². The van der Waals surface area contributed by atoms with Crippen molar-refractivity contribution in [2.45, 2.75) is 30.2 Å². The van der Waals surface area contributed by atoms with Gasteiger partial charge in [-0.15, -0.1) is 0 Å². The van der Waals surface area contributed by atoms with Crippen molar-refractivity contribution >= 4 is 15.8 Å². The van der Waals surface area contributed by atoms with Crippen molar-refractivity contribution in [3.8, 4) is 0 Å². The van der Waals surface area contributed by atoms with Gasteiger partial charge in [0.2, 0.25) is 10.0 Å². The quantitative estimate of drug-likeness (QED) is 0.833. The van der Waals surface area contributed by atoms with Crippen molar-refractivity contribution in [3.05, 3.63) is 65.7 Å². The standard InChI is InChI=1S/C19H22N2O3S/c20-14-16-10-6-7-13-21(16)25(23,24)18-12-5-4-11-17(18)19(22)15-8-2-1-3-9-15/h1-5,8-9,11-12,16H,6-7,10,13-14,20H2. The highest BCUT2D eigenvalue weighted by Crippen LogP contribution is 2.28. The van der Waals surface area contributed by atoms with E-state index in [4.69, 9.17) is 5.73 Å². The minimum absolute atomic E-state index is 0.0594. The lowest BCUT2D eigenvalue weighted by molar-refractivity contribution is 0.103. The zero-order chi connectivity index (χ0) is 17.9. The van der Waals surface area contributed by atoms with Crippen LogP contribution in [0.1, 0.15) is 35.2 Å². The van der Waals surface area contributed by atoms with Crippen molar-refractivity contribution < 1.29 is 13.2 Å². The van der Waals surface area contributed by atoms with Crippen LogP contribution in [0.2, 0.25) is 0 Å². The Kier molecular flexibility index (Phi) is 5.32. The van der Waals surface area contributed by atoms with Crippen LogP contribution in [0, 0.1) is 0 Å². The van der Waals surface area contributed by atoms with Gasteiger partial charge in [-0.2, -0.15) is 4.31 Å². The molecule has 1 aliphatic heterocycles.